The third kappa shape index (κ3) is 3.29. The SMILES string of the molecule is C=CCc1c(C)cc(-c2noc(C3=NCC4=C3CCC(C)(C)C4)n2)cc1C. The molecule has 27 heavy (non-hydrogen) atoms. The number of hydrogen-bond acceptors (Lipinski definition) is 4. The molecular weight excluding hydrogens is 334 g/mol. The van der Waals surface area contributed by atoms with E-state index >= 15 is 0 Å². The predicted molar refractivity (Wildman–Crippen MR) is 109 cm³/mol. The smallest absolute Gasteiger partial charge is 0.276 e. The molecule has 0 spiro atoms. The van der Waals surface area contributed by atoms with Gasteiger partial charge in [-0.1, -0.05) is 25.1 Å². The molecule has 4 rings (SSSR count). The number of benzene rings is 1. The van der Waals surface area contributed by atoms with Crippen molar-refractivity contribution in [2.24, 2.45) is 10.4 Å². The summed E-state index contributed by atoms with van der Waals surface area (Å²) in [5, 5.41) is 4.25. The Labute approximate surface area is 161 Å². The molecule has 0 unspecified atom stereocenters. The van der Waals surface area contributed by atoms with Gasteiger partial charge in [-0.25, -0.2) is 0 Å². The summed E-state index contributed by atoms with van der Waals surface area (Å²) >= 11 is 0. The quantitative estimate of drug-likeness (QED) is 0.686. The van der Waals surface area contributed by atoms with Crippen molar-refractivity contribution in [2.75, 3.05) is 6.54 Å². The molecule has 0 saturated heterocycles. The van der Waals surface area contributed by atoms with Crippen LogP contribution in [0.4, 0.5) is 0 Å². The second kappa shape index (κ2) is 6.59. The molecule has 0 bridgehead atoms. The maximum Gasteiger partial charge on any atom is 0.276 e. The van der Waals surface area contributed by atoms with Gasteiger partial charge in [0.25, 0.3) is 5.89 Å². The lowest BCUT2D eigenvalue weighted by Gasteiger charge is -2.30. The first-order valence-corrected chi connectivity index (χ1v) is 9.69. The average Bonchev–Trinajstić information content (AvgIpc) is 3.23. The minimum Gasteiger partial charge on any atom is -0.332 e. The van der Waals surface area contributed by atoms with Gasteiger partial charge in [0.15, 0.2) is 0 Å². The Bertz CT molecular complexity index is 952. The number of rotatable bonds is 4. The normalized spacial score (nSPS) is 18.4. The van der Waals surface area contributed by atoms with Crippen LogP contribution < -0.4 is 0 Å². The monoisotopic (exact) mass is 361 g/mol. The van der Waals surface area contributed by atoms with Crippen molar-refractivity contribution in [1.29, 1.82) is 0 Å². The maximum absolute atomic E-state index is 5.62. The molecule has 0 amide bonds. The van der Waals surface area contributed by atoms with Gasteiger partial charge < -0.3 is 4.52 Å². The number of nitrogens with zero attached hydrogens (tertiary/aromatic N) is 3. The Kier molecular flexibility index (Phi) is 4.37. The average molecular weight is 361 g/mol. The molecular formula is C23H27N3O. The van der Waals surface area contributed by atoms with Crippen molar-refractivity contribution in [2.45, 2.75) is 53.4 Å². The molecule has 0 fully saturated rings. The van der Waals surface area contributed by atoms with E-state index in [0.717, 1.165) is 37.1 Å². The van der Waals surface area contributed by atoms with Crippen molar-refractivity contribution in [1.82, 2.24) is 10.1 Å². The van der Waals surface area contributed by atoms with E-state index in [2.05, 4.69) is 56.5 Å². The van der Waals surface area contributed by atoms with Crippen LogP contribution in [0.5, 0.6) is 0 Å². The van der Waals surface area contributed by atoms with Gasteiger partial charge in [0.1, 0.15) is 5.71 Å². The number of hydrogen-bond donors (Lipinski definition) is 0. The van der Waals surface area contributed by atoms with E-state index < -0.39 is 0 Å². The molecule has 4 heteroatoms. The molecule has 140 valence electrons. The summed E-state index contributed by atoms with van der Waals surface area (Å²) in [4.78, 5) is 9.42. The third-order valence-corrected chi connectivity index (χ3v) is 5.82. The Morgan fingerprint density at radius 1 is 1.22 bits per heavy atom. The molecule has 2 aliphatic rings. The van der Waals surface area contributed by atoms with Crippen LogP contribution in [-0.2, 0) is 6.42 Å². The van der Waals surface area contributed by atoms with Crippen molar-refractivity contribution in [3.8, 4) is 11.4 Å². The van der Waals surface area contributed by atoms with Crippen LogP contribution in [0.2, 0.25) is 0 Å². The number of aliphatic imine (C=N–C) groups is 1. The summed E-state index contributed by atoms with van der Waals surface area (Å²) in [7, 11) is 0. The molecule has 0 saturated carbocycles. The summed E-state index contributed by atoms with van der Waals surface area (Å²) in [5.41, 5.74) is 8.83. The van der Waals surface area contributed by atoms with Crippen LogP contribution in [0.3, 0.4) is 0 Å². The number of aryl methyl sites for hydroxylation is 2. The zero-order valence-corrected chi connectivity index (χ0v) is 16.7. The number of aromatic nitrogens is 2. The fraction of sp³-hybridized carbons (Fsp3) is 0.435. The second-order valence-corrected chi connectivity index (χ2v) is 8.59. The van der Waals surface area contributed by atoms with Gasteiger partial charge >= 0.3 is 0 Å². The van der Waals surface area contributed by atoms with E-state index in [0.29, 0.717) is 17.1 Å². The largest absolute Gasteiger partial charge is 0.332 e. The lowest BCUT2D eigenvalue weighted by Crippen LogP contribution is -2.20. The third-order valence-electron chi connectivity index (χ3n) is 5.82. The fourth-order valence-corrected chi connectivity index (χ4v) is 4.34. The molecule has 2 heterocycles. The first-order chi connectivity index (χ1) is 12.9. The van der Waals surface area contributed by atoms with Crippen LogP contribution in [0, 0.1) is 19.3 Å². The van der Waals surface area contributed by atoms with Gasteiger partial charge in [0.2, 0.25) is 5.82 Å². The molecule has 2 aromatic rings. The summed E-state index contributed by atoms with van der Waals surface area (Å²) in [5.74, 6) is 1.19. The molecule has 0 atom stereocenters. The minimum atomic E-state index is 0.367. The van der Waals surface area contributed by atoms with E-state index in [9.17, 15) is 0 Å². The standard InChI is InChI=1S/C23H27N3O/c1-6-7-18-14(2)10-16(11-15(18)3)21-25-22(27-26-21)20-19-8-9-23(4,5)12-17(19)13-24-20/h6,10-11H,1,7-9,12-13H2,2-5H3. The van der Waals surface area contributed by atoms with E-state index in [4.69, 9.17) is 9.52 Å². The minimum absolute atomic E-state index is 0.367. The molecule has 4 nitrogen and oxygen atoms in total. The highest BCUT2D eigenvalue weighted by atomic mass is 16.5. The molecule has 1 aromatic carbocycles. The van der Waals surface area contributed by atoms with Gasteiger partial charge in [-0.05, 0) is 84.9 Å². The molecule has 0 N–H and O–H groups in total. The Hall–Kier alpha value is -2.49. The van der Waals surface area contributed by atoms with E-state index in [-0.39, 0.29) is 0 Å². The second-order valence-electron chi connectivity index (χ2n) is 8.59. The molecule has 1 aromatic heterocycles. The maximum atomic E-state index is 5.62. The number of allylic oxidation sites excluding steroid dienone is 2. The van der Waals surface area contributed by atoms with E-state index in [1.807, 2.05) is 6.08 Å². The predicted octanol–water partition coefficient (Wildman–Crippen LogP) is 5.39. The summed E-state index contributed by atoms with van der Waals surface area (Å²) in [6, 6.07) is 4.26. The van der Waals surface area contributed by atoms with Crippen molar-refractivity contribution < 1.29 is 4.52 Å². The molecule has 1 aliphatic carbocycles. The molecule has 0 radical (unpaired) electrons. The Balaban J connectivity index is 1.64. The van der Waals surface area contributed by atoms with Crippen LogP contribution in [0.1, 0.15) is 55.7 Å². The highest BCUT2D eigenvalue weighted by Crippen LogP contribution is 2.42. The summed E-state index contributed by atoms with van der Waals surface area (Å²) < 4.78 is 5.62. The zero-order chi connectivity index (χ0) is 19.2. The van der Waals surface area contributed by atoms with E-state index in [1.165, 1.54) is 34.3 Å². The van der Waals surface area contributed by atoms with Crippen LogP contribution in [0.15, 0.2) is 45.4 Å². The van der Waals surface area contributed by atoms with Crippen LogP contribution in [0.25, 0.3) is 11.4 Å². The Morgan fingerprint density at radius 3 is 2.67 bits per heavy atom. The van der Waals surface area contributed by atoms with Gasteiger partial charge in [-0.3, -0.25) is 4.99 Å². The first-order valence-electron chi connectivity index (χ1n) is 9.69. The van der Waals surface area contributed by atoms with Gasteiger partial charge in [0.05, 0.1) is 6.54 Å². The van der Waals surface area contributed by atoms with Gasteiger partial charge in [0, 0.05) is 5.56 Å². The summed E-state index contributed by atoms with van der Waals surface area (Å²) in [6.07, 6.45) is 6.15. The van der Waals surface area contributed by atoms with Crippen molar-refractivity contribution >= 4 is 5.71 Å². The molecule has 1 aliphatic heterocycles. The van der Waals surface area contributed by atoms with E-state index in [1.54, 1.807) is 0 Å². The highest BCUT2D eigenvalue weighted by molar-refractivity contribution is 6.12. The Morgan fingerprint density at radius 2 is 1.96 bits per heavy atom. The van der Waals surface area contributed by atoms with Crippen LogP contribution in [-0.4, -0.2) is 22.4 Å². The van der Waals surface area contributed by atoms with Gasteiger partial charge in [-0.2, -0.15) is 4.98 Å². The van der Waals surface area contributed by atoms with Crippen molar-refractivity contribution in [3.63, 3.8) is 0 Å². The fourth-order valence-electron chi connectivity index (χ4n) is 4.34. The highest BCUT2D eigenvalue weighted by Gasteiger charge is 2.33. The lowest BCUT2D eigenvalue weighted by atomic mass is 9.74. The first kappa shape index (κ1) is 17.9. The topological polar surface area (TPSA) is 51.3 Å². The zero-order valence-electron chi connectivity index (χ0n) is 16.7. The summed E-state index contributed by atoms with van der Waals surface area (Å²) in [6.45, 7) is 13.5. The van der Waals surface area contributed by atoms with Crippen LogP contribution >= 0.6 is 0 Å². The van der Waals surface area contributed by atoms with Crippen molar-refractivity contribution in [3.05, 3.63) is 58.5 Å². The lowest BCUT2D eigenvalue weighted by molar-refractivity contribution is 0.317. The van der Waals surface area contributed by atoms with Gasteiger partial charge in [-0.15, -0.1) is 6.58 Å².